The molecule has 0 heterocycles. The molecule has 0 N–H and O–H groups in total. The predicted molar refractivity (Wildman–Crippen MR) is 42.6 cm³/mol. The highest BCUT2D eigenvalue weighted by Crippen LogP contribution is 2.13. The molecule has 1 unspecified atom stereocenters. The first-order valence-corrected chi connectivity index (χ1v) is 3.54. The summed E-state index contributed by atoms with van der Waals surface area (Å²) in [6.07, 6.45) is 1.28. The molecular formula is C8H15O3. The summed E-state index contributed by atoms with van der Waals surface area (Å²) in [5, 5.41) is 0. The number of hydrogen-bond acceptors (Lipinski definition) is 3. The molecule has 1 radical (unpaired) electrons. The van der Waals surface area contributed by atoms with Crippen molar-refractivity contribution in [2.45, 2.75) is 19.8 Å². The summed E-state index contributed by atoms with van der Waals surface area (Å²) in [6.45, 7) is 11.3. The van der Waals surface area contributed by atoms with Crippen LogP contribution in [0.25, 0.3) is 0 Å². The molecule has 65 valence electrons. The second kappa shape index (κ2) is 5.16. The van der Waals surface area contributed by atoms with Gasteiger partial charge >= 0.3 is 5.97 Å². The van der Waals surface area contributed by atoms with Crippen LogP contribution in [0.2, 0.25) is 0 Å². The Morgan fingerprint density at radius 3 is 2.45 bits per heavy atom. The van der Waals surface area contributed by atoms with Gasteiger partial charge in [0.2, 0.25) is 0 Å². The van der Waals surface area contributed by atoms with Crippen LogP contribution < -0.4 is 0 Å². The van der Waals surface area contributed by atoms with E-state index in [1.807, 2.05) is 6.92 Å². The Balaban J connectivity index is 3.88. The SMILES string of the molecule is [CH2]COC(C)(OC=C)OCC. The third kappa shape index (κ3) is 4.01. The van der Waals surface area contributed by atoms with Crippen molar-refractivity contribution in [3.05, 3.63) is 19.8 Å². The summed E-state index contributed by atoms with van der Waals surface area (Å²) in [7, 11) is 0. The fraction of sp³-hybridized carbons (Fsp3) is 0.625. The molecule has 0 rings (SSSR count). The van der Waals surface area contributed by atoms with E-state index in [9.17, 15) is 0 Å². The maximum Gasteiger partial charge on any atom is 0.323 e. The Morgan fingerprint density at radius 2 is 2.09 bits per heavy atom. The van der Waals surface area contributed by atoms with Crippen molar-refractivity contribution < 1.29 is 14.2 Å². The highest BCUT2D eigenvalue weighted by molar-refractivity contribution is 4.57. The van der Waals surface area contributed by atoms with Gasteiger partial charge in [-0.3, -0.25) is 0 Å². The molecular weight excluding hydrogens is 144 g/mol. The molecule has 0 aliphatic heterocycles. The summed E-state index contributed by atoms with van der Waals surface area (Å²) in [5.74, 6) is -1.03. The lowest BCUT2D eigenvalue weighted by atomic mass is 10.6. The summed E-state index contributed by atoms with van der Waals surface area (Å²) in [4.78, 5) is 0. The first kappa shape index (κ1) is 10.5. The van der Waals surface area contributed by atoms with Gasteiger partial charge in [-0.1, -0.05) is 6.58 Å². The van der Waals surface area contributed by atoms with Gasteiger partial charge < -0.3 is 14.2 Å². The fourth-order valence-electron chi connectivity index (χ4n) is 0.709. The van der Waals surface area contributed by atoms with E-state index in [1.165, 1.54) is 6.26 Å². The Labute approximate surface area is 67.9 Å². The maximum atomic E-state index is 5.15. The van der Waals surface area contributed by atoms with Gasteiger partial charge in [0.1, 0.15) is 0 Å². The van der Waals surface area contributed by atoms with Crippen molar-refractivity contribution in [1.29, 1.82) is 0 Å². The molecule has 0 bridgehead atoms. The molecule has 3 heteroatoms. The Bertz CT molecular complexity index is 106. The van der Waals surface area contributed by atoms with Crippen LogP contribution >= 0.6 is 0 Å². The van der Waals surface area contributed by atoms with Gasteiger partial charge in [0.05, 0.1) is 19.5 Å². The van der Waals surface area contributed by atoms with E-state index in [1.54, 1.807) is 6.92 Å². The van der Waals surface area contributed by atoms with Crippen molar-refractivity contribution in [3.8, 4) is 0 Å². The highest BCUT2D eigenvalue weighted by atomic mass is 16.9. The second-order valence-electron chi connectivity index (χ2n) is 1.93. The van der Waals surface area contributed by atoms with Crippen molar-refractivity contribution in [1.82, 2.24) is 0 Å². The van der Waals surface area contributed by atoms with E-state index in [-0.39, 0.29) is 0 Å². The Hall–Kier alpha value is -0.540. The molecule has 0 aromatic carbocycles. The first-order chi connectivity index (χ1) is 5.18. The molecule has 0 aliphatic carbocycles. The molecule has 0 saturated heterocycles. The van der Waals surface area contributed by atoms with E-state index in [2.05, 4.69) is 13.5 Å². The lowest BCUT2D eigenvalue weighted by Crippen LogP contribution is -2.34. The zero-order valence-electron chi connectivity index (χ0n) is 7.13. The summed E-state index contributed by atoms with van der Waals surface area (Å²) in [6, 6.07) is 0. The van der Waals surface area contributed by atoms with Crippen LogP contribution in [0, 0.1) is 6.92 Å². The molecule has 0 aromatic rings. The lowest BCUT2D eigenvalue weighted by molar-refractivity contribution is -0.344. The molecule has 0 spiro atoms. The van der Waals surface area contributed by atoms with E-state index in [4.69, 9.17) is 14.2 Å². The van der Waals surface area contributed by atoms with Crippen molar-refractivity contribution in [3.63, 3.8) is 0 Å². The van der Waals surface area contributed by atoms with Gasteiger partial charge in [-0.05, 0) is 13.8 Å². The molecule has 0 aliphatic rings. The minimum atomic E-state index is -1.03. The molecule has 0 saturated carbocycles. The quantitative estimate of drug-likeness (QED) is 0.436. The number of rotatable bonds is 6. The molecule has 3 nitrogen and oxygen atoms in total. The molecule has 1 atom stereocenters. The normalized spacial score (nSPS) is 11.2. The van der Waals surface area contributed by atoms with Gasteiger partial charge in [0.25, 0.3) is 0 Å². The average Bonchev–Trinajstić information content (AvgIpc) is 1.88. The van der Waals surface area contributed by atoms with E-state index in [0.29, 0.717) is 13.2 Å². The van der Waals surface area contributed by atoms with Gasteiger partial charge in [-0.2, -0.15) is 0 Å². The van der Waals surface area contributed by atoms with Crippen molar-refractivity contribution in [2.75, 3.05) is 13.2 Å². The minimum Gasteiger partial charge on any atom is -0.448 e. The van der Waals surface area contributed by atoms with Crippen LogP contribution in [0.15, 0.2) is 12.8 Å². The molecule has 0 fully saturated rings. The van der Waals surface area contributed by atoms with Crippen LogP contribution in [-0.4, -0.2) is 19.2 Å². The monoisotopic (exact) mass is 159 g/mol. The zero-order chi connectivity index (χ0) is 8.74. The fourth-order valence-corrected chi connectivity index (χ4v) is 0.709. The standard InChI is InChI=1S/C8H15O3/c1-5-9-8(4,10-6-2)11-7-3/h5H,1-2,6-7H2,3-4H3. The summed E-state index contributed by atoms with van der Waals surface area (Å²) >= 11 is 0. The Morgan fingerprint density at radius 1 is 1.45 bits per heavy atom. The smallest absolute Gasteiger partial charge is 0.323 e. The van der Waals surface area contributed by atoms with Gasteiger partial charge in [0.15, 0.2) is 0 Å². The van der Waals surface area contributed by atoms with E-state index >= 15 is 0 Å². The number of hydrogen-bond donors (Lipinski definition) is 0. The van der Waals surface area contributed by atoms with Crippen molar-refractivity contribution >= 4 is 0 Å². The number of ether oxygens (including phenoxy) is 3. The van der Waals surface area contributed by atoms with Crippen LogP contribution in [0.4, 0.5) is 0 Å². The predicted octanol–water partition coefficient (Wildman–Crippen LogP) is 1.71. The van der Waals surface area contributed by atoms with E-state index in [0.717, 1.165) is 0 Å². The summed E-state index contributed by atoms with van der Waals surface area (Å²) in [5.41, 5.74) is 0. The lowest BCUT2D eigenvalue weighted by Gasteiger charge is -2.27. The zero-order valence-corrected chi connectivity index (χ0v) is 7.13. The van der Waals surface area contributed by atoms with Gasteiger partial charge in [0, 0.05) is 6.92 Å². The van der Waals surface area contributed by atoms with Crippen LogP contribution in [0.1, 0.15) is 13.8 Å². The molecule has 0 aromatic heterocycles. The molecule has 0 amide bonds. The van der Waals surface area contributed by atoms with Gasteiger partial charge in [-0.15, -0.1) is 0 Å². The van der Waals surface area contributed by atoms with Crippen LogP contribution in [0.5, 0.6) is 0 Å². The largest absolute Gasteiger partial charge is 0.448 e. The second-order valence-corrected chi connectivity index (χ2v) is 1.93. The minimum absolute atomic E-state index is 0.296. The topological polar surface area (TPSA) is 27.7 Å². The van der Waals surface area contributed by atoms with Crippen molar-refractivity contribution in [2.24, 2.45) is 0 Å². The third-order valence-corrected chi connectivity index (χ3v) is 1.07. The first-order valence-electron chi connectivity index (χ1n) is 3.54. The molecule has 11 heavy (non-hydrogen) atoms. The third-order valence-electron chi connectivity index (χ3n) is 1.07. The Kier molecular flexibility index (Phi) is 4.90. The van der Waals surface area contributed by atoms with Crippen LogP contribution in [0.3, 0.4) is 0 Å². The maximum absolute atomic E-state index is 5.15. The summed E-state index contributed by atoms with van der Waals surface area (Å²) < 4.78 is 15.2. The van der Waals surface area contributed by atoms with Gasteiger partial charge in [-0.25, -0.2) is 0 Å². The van der Waals surface area contributed by atoms with Crippen LogP contribution in [-0.2, 0) is 14.2 Å². The highest BCUT2D eigenvalue weighted by Gasteiger charge is 2.25. The van der Waals surface area contributed by atoms with E-state index < -0.39 is 5.97 Å². The average molecular weight is 159 g/mol.